The third-order valence-electron chi connectivity index (χ3n) is 17.8. The average Bonchev–Trinajstić information content (AvgIpc) is 1.58. The highest BCUT2D eigenvalue weighted by Gasteiger charge is 2.66. The molecular formula is C66H46F21IN24O3. The molecule has 0 aliphatic carbocycles. The van der Waals surface area contributed by atoms with Crippen LogP contribution in [0.25, 0.3) is 67.7 Å². The molecular weight excluding hydrogens is 1700 g/mol. The summed E-state index contributed by atoms with van der Waals surface area (Å²) in [6.07, 6.45) is -19.2. The second kappa shape index (κ2) is 30.3. The van der Waals surface area contributed by atoms with Gasteiger partial charge in [-0.1, -0.05) is 0 Å². The summed E-state index contributed by atoms with van der Waals surface area (Å²) in [5.74, 6) is -11.9. The van der Waals surface area contributed by atoms with E-state index in [0.717, 1.165) is 54.5 Å². The number of nitrogens with one attached hydrogen (secondary N) is 4. The van der Waals surface area contributed by atoms with Crippen LogP contribution in [0.15, 0.2) is 91.8 Å². The van der Waals surface area contributed by atoms with Gasteiger partial charge >= 0.3 is 30.9 Å². The standard InChI is InChI=1S/C23H16F8N8O.C20H11F5IN7O.C20H13F5N8O.C3H6F3N/c1-21(23(29,30)31)14-16(33-6-4-22(26,27)28)35-18(36-17(14)37-20(21)40)15-11-7-10(24)8-34-19(11)39(38-15)9-13-12(25)3-2-5-32-13;2*1-19(20(23,24)25)12-14(26)29-16(30-15(12)31-18(19)34)13-9-5-8(21)6-28-17(9)33(32-13)7-11-10(22)3-2-4-27-11;4-3(5,6)1-2-7/h2-3,5,7-8H,4,6,9H2,1H3,(H2,33,35,36,37,40);2-6H,7H2,1H3,(H,29,30,31,34);2-6H,7H2,1H3,(H3,26,29,30,31,34);1-2,7H2. The molecule has 12 aromatic heterocycles. The molecule has 3 unspecified atom stereocenters. The van der Waals surface area contributed by atoms with Gasteiger partial charge in [-0.15, -0.1) is 0 Å². The number of anilines is 5. The molecule has 3 aliphatic rings. The number of aromatic nitrogens is 18. The second-order valence-electron chi connectivity index (χ2n) is 25.4. The van der Waals surface area contributed by atoms with E-state index in [1.807, 2.05) is 5.32 Å². The molecule has 15 rings (SSSR count). The first-order chi connectivity index (χ1) is 53.8. The quantitative estimate of drug-likeness (QED) is 0.0355. The molecule has 0 bridgehead atoms. The molecule has 12 aromatic rings. The van der Waals surface area contributed by atoms with E-state index in [1.165, 1.54) is 58.3 Å². The van der Waals surface area contributed by atoms with Gasteiger partial charge < -0.3 is 32.7 Å². The fraction of sp³-hybridized carbons (Fsp3) is 0.273. The van der Waals surface area contributed by atoms with Gasteiger partial charge in [-0.05, 0) is 98.0 Å². The molecule has 3 atom stereocenters. The molecule has 3 aliphatic heterocycles. The van der Waals surface area contributed by atoms with Crippen molar-refractivity contribution in [2.24, 2.45) is 5.73 Å². The second-order valence-corrected chi connectivity index (χ2v) is 26.4. The van der Waals surface area contributed by atoms with Gasteiger partial charge in [0.2, 0.25) is 17.7 Å². The Kier molecular flexibility index (Phi) is 21.7. The number of carbonyl (C=O) groups is 3. The van der Waals surface area contributed by atoms with Crippen LogP contribution in [0.4, 0.5) is 121 Å². The smallest absolute Gasteiger partial charge is 0.383 e. The van der Waals surface area contributed by atoms with Gasteiger partial charge in [0.15, 0.2) is 50.7 Å². The van der Waals surface area contributed by atoms with Crippen LogP contribution in [0.3, 0.4) is 0 Å². The Balaban J connectivity index is 0.000000153. The van der Waals surface area contributed by atoms with Crippen molar-refractivity contribution in [2.75, 3.05) is 40.1 Å². The first-order valence-corrected chi connectivity index (χ1v) is 33.6. The molecule has 15 heterocycles. The van der Waals surface area contributed by atoms with Crippen LogP contribution >= 0.6 is 22.6 Å². The SMILES string of the molecule is CC1(C(F)(F)F)C(=O)Nc2nc(-c3nn(Cc4ncccc4F)c4ncc(F)cc34)nc(I)c21.CC1(C(F)(F)F)C(=O)Nc2nc(-c3nn(Cc4ncccc4F)c4ncc(F)cc34)nc(N)c21.CC1(C(F)(F)F)C(=O)Nc2nc(-c3nn(Cc4ncccc4F)c4ncc(F)cc34)nc(NCCC(F)(F)F)c21.NCCC(F)(F)F. The van der Waals surface area contributed by atoms with Gasteiger partial charge in [0.05, 0.1) is 101 Å². The number of nitrogens with two attached hydrogens (primary N) is 2. The Morgan fingerprint density at radius 3 is 1.12 bits per heavy atom. The number of pyridine rings is 6. The molecule has 602 valence electrons. The Morgan fingerprint density at radius 2 is 0.783 bits per heavy atom. The lowest BCUT2D eigenvalue weighted by atomic mass is 9.83. The van der Waals surface area contributed by atoms with Crippen molar-refractivity contribution in [1.82, 2.24) is 89.1 Å². The third-order valence-corrected chi connectivity index (χ3v) is 18.6. The van der Waals surface area contributed by atoms with Crippen LogP contribution in [0, 0.1) is 38.6 Å². The first-order valence-electron chi connectivity index (χ1n) is 32.5. The summed E-state index contributed by atoms with van der Waals surface area (Å²) in [7, 11) is 0. The number of rotatable bonds is 13. The number of nitrogens with zero attached hydrogens (tertiary/aromatic N) is 18. The van der Waals surface area contributed by atoms with Crippen molar-refractivity contribution in [3.05, 3.63) is 164 Å². The van der Waals surface area contributed by atoms with E-state index in [9.17, 15) is 107 Å². The Bertz CT molecular complexity index is 5630. The van der Waals surface area contributed by atoms with Gasteiger partial charge in [0.25, 0.3) is 0 Å². The number of fused-ring (bicyclic) bond motifs is 6. The Morgan fingerprint density at radius 1 is 0.452 bits per heavy atom. The van der Waals surface area contributed by atoms with E-state index >= 15 is 0 Å². The molecule has 27 nitrogen and oxygen atoms in total. The normalized spacial score (nSPS) is 17.3. The highest BCUT2D eigenvalue weighted by Crippen LogP contribution is 2.54. The van der Waals surface area contributed by atoms with Crippen LogP contribution in [-0.2, 0) is 50.3 Å². The van der Waals surface area contributed by atoms with Crippen LogP contribution in [0.1, 0.15) is 67.4 Å². The monoisotopic (exact) mass is 1750 g/mol. The molecule has 0 fully saturated rings. The van der Waals surface area contributed by atoms with Gasteiger partial charge in [0.1, 0.15) is 84.8 Å². The van der Waals surface area contributed by atoms with Crippen molar-refractivity contribution in [3.8, 4) is 34.6 Å². The summed E-state index contributed by atoms with van der Waals surface area (Å²) < 4.78 is 284. The zero-order valence-corrected chi connectivity index (χ0v) is 60.0. The fourth-order valence-electron chi connectivity index (χ4n) is 11.8. The predicted molar refractivity (Wildman–Crippen MR) is 368 cm³/mol. The molecule has 115 heavy (non-hydrogen) atoms. The molecule has 0 saturated heterocycles. The summed E-state index contributed by atoms with van der Waals surface area (Å²) in [4.78, 5) is 85.0. The van der Waals surface area contributed by atoms with Crippen molar-refractivity contribution < 1.29 is 107 Å². The number of nitrogen functional groups attached to an aromatic ring is 1. The lowest BCUT2D eigenvalue weighted by molar-refractivity contribution is -0.188. The molecule has 0 radical (unpaired) electrons. The molecule has 0 spiro atoms. The van der Waals surface area contributed by atoms with Gasteiger partial charge in [-0.25, -0.2) is 85.2 Å². The molecule has 0 aromatic carbocycles. The zero-order valence-electron chi connectivity index (χ0n) is 57.9. The number of hydrogen-bond acceptors (Lipinski definition) is 21. The largest absolute Gasteiger partial charge is 0.407 e. The van der Waals surface area contributed by atoms with Gasteiger partial charge in [-0.2, -0.15) is 81.2 Å². The fourth-order valence-corrected chi connectivity index (χ4v) is 12.8. The summed E-state index contributed by atoms with van der Waals surface area (Å²) in [6.45, 7) is 0.145. The van der Waals surface area contributed by atoms with E-state index < -0.39 is 165 Å². The van der Waals surface area contributed by atoms with Crippen LogP contribution in [-0.4, -0.2) is 151 Å². The molecule has 3 amide bonds. The van der Waals surface area contributed by atoms with Crippen LogP contribution in [0.2, 0.25) is 0 Å². The van der Waals surface area contributed by atoms with Gasteiger partial charge in [0, 0.05) is 31.7 Å². The maximum absolute atomic E-state index is 14.3. The summed E-state index contributed by atoms with van der Waals surface area (Å²) in [5.41, 5.74) is -0.407. The maximum atomic E-state index is 14.3. The van der Waals surface area contributed by atoms with Gasteiger partial charge in [-0.3, -0.25) is 29.3 Å². The average molecular weight is 1750 g/mol. The topological polar surface area (TPSA) is 360 Å². The van der Waals surface area contributed by atoms with E-state index in [4.69, 9.17) is 5.73 Å². The van der Waals surface area contributed by atoms with Crippen molar-refractivity contribution in [3.63, 3.8) is 0 Å². The maximum Gasteiger partial charge on any atom is 0.407 e. The summed E-state index contributed by atoms with van der Waals surface area (Å²) in [6, 6.07) is 10.9. The van der Waals surface area contributed by atoms with Crippen LogP contribution in [0.5, 0.6) is 0 Å². The Labute approximate surface area is 640 Å². The predicted octanol–water partition coefficient (Wildman–Crippen LogP) is 12.6. The van der Waals surface area contributed by atoms with E-state index in [1.54, 1.807) is 22.6 Å². The number of alkyl halides is 15. The number of hydrogen-bond donors (Lipinski definition) is 6. The summed E-state index contributed by atoms with van der Waals surface area (Å²) in [5, 5.41) is 21.5. The lowest BCUT2D eigenvalue weighted by Crippen LogP contribution is -2.45. The Hall–Kier alpha value is -12.2. The van der Waals surface area contributed by atoms with E-state index in [-0.39, 0.29) is 115 Å². The minimum Gasteiger partial charge on any atom is -0.383 e. The minimum atomic E-state index is -5.16. The van der Waals surface area contributed by atoms with Crippen molar-refractivity contribution >= 4 is 103 Å². The zero-order chi connectivity index (χ0) is 83.8. The van der Waals surface area contributed by atoms with Crippen molar-refractivity contribution in [2.45, 2.75) is 100 Å². The molecule has 0 saturated carbocycles. The number of carbonyl (C=O) groups excluding carboxylic acids is 3. The van der Waals surface area contributed by atoms with E-state index in [0.29, 0.717) is 13.8 Å². The van der Waals surface area contributed by atoms with Crippen LogP contribution < -0.4 is 32.7 Å². The highest BCUT2D eigenvalue weighted by atomic mass is 127. The molecule has 8 N–H and O–H groups in total. The van der Waals surface area contributed by atoms with E-state index in [2.05, 4.69) is 96.8 Å². The third kappa shape index (κ3) is 15.7. The highest BCUT2D eigenvalue weighted by molar-refractivity contribution is 14.1. The lowest BCUT2D eigenvalue weighted by Gasteiger charge is -2.26. The first kappa shape index (κ1) is 82.2. The molecule has 49 heteroatoms. The van der Waals surface area contributed by atoms with Crippen molar-refractivity contribution in [1.29, 1.82) is 0 Å². The minimum absolute atomic E-state index is 0.00120. The number of amides is 3. The number of halogens is 22. The summed E-state index contributed by atoms with van der Waals surface area (Å²) >= 11 is 1.59.